The molecule has 1 aromatic heterocycles. The molecule has 1 saturated heterocycles. The molecular weight excluding hydrogens is 257 g/mol. The molecule has 3 atom stereocenters. The number of aromatic amines is 1. The number of ether oxygens (including phenoxy) is 1. The first kappa shape index (κ1) is 13.4. The molecule has 0 aliphatic carbocycles. The topological polar surface area (TPSA) is 99.3 Å². The Kier molecular flexibility index (Phi) is 4.29. The first-order valence-electron chi connectivity index (χ1n) is 5.66. The lowest BCUT2D eigenvalue weighted by molar-refractivity contribution is -0.0179. The Morgan fingerprint density at radius 3 is 3.11 bits per heavy atom. The minimum atomic E-state index is -0.446. The smallest absolute Gasteiger partial charge is 0.330 e. The summed E-state index contributed by atoms with van der Waals surface area (Å²) >= 11 is 0. The summed E-state index contributed by atoms with van der Waals surface area (Å²) in [5.41, 5.74) is 4.95. The maximum absolute atomic E-state index is 11.7. The Hall–Kier alpha value is -1.01. The molecular formula is C10H16N3O4P. The van der Waals surface area contributed by atoms with E-state index in [1.165, 1.54) is 10.8 Å². The van der Waals surface area contributed by atoms with Gasteiger partial charge in [-0.05, 0) is 19.8 Å². The summed E-state index contributed by atoms with van der Waals surface area (Å²) in [6, 6.07) is 0. The van der Waals surface area contributed by atoms with Crippen LogP contribution < -0.4 is 16.8 Å². The zero-order valence-electron chi connectivity index (χ0n) is 10.0. The van der Waals surface area contributed by atoms with E-state index in [1.807, 2.05) is 0 Å². The third kappa shape index (κ3) is 2.87. The molecule has 1 aliphatic rings. The van der Waals surface area contributed by atoms with Crippen molar-refractivity contribution >= 4 is 8.96 Å². The fourth-order valence-electron chi connectivity index (χ4n) is 1.96. The van der Waals surface area contributed by atoms with E-state index in [1.54, 1.807) is 6.92 Å². The van der Waals surface area contributed by atoms with Gasteiger partial charge in [-0.2, -0.15) is 0 Å². The number of hydrogen-bond donors (Lipinski definition) is 2. The molecule has 0 radical (unpaired) electrons. The van der Waals surface area contributed by atoms with Crippen molar-refractivity contribution in [1.82, 2.24) is 9.55 Å². The first-order chi connectivity index (χ1) is 8.61. The predicted molar refractivity (Wildman–Crippen MR) is 67.7 cm³/mol. The molecule has 7 nitrogen and oxygen atoms in total. The van der Waals surface area contributed by atoms with Gasteiger partial charge in [-0.15, -0.1) is 0 Å². The van der Waals surface area contributed by atoms with E-state index in [0.717, 1.165) is 6.42 Å². The highest BCUT2D eigenvalue weighted by Crippen LogP contribution is 2.27. The van der Waals surface area contributed by atoms with Crippen LogP contribution >= 0.6 is 8.96 Å². The number of rotatable bonds is 4. The van der Waals surface area contributed by atoms with Crippen LogP contribution in [0.4, 0.5) is 0 Å². The number of hydrogen-bond acceptors (Lipinski definition) is 5. The van der Waals surface area contributed by atoms with Crippen molar-refractivity contribution in [2.45, 2.75) is 32.1 Å². The highest BCUT2D eigenvalue weighted by atomic mass is 31.1. The zero-order chi connectivity index (χ0) is 13.1. The van der Waals surface area contributed by atoms with E-state index in [2.05, 4.69) is 4.98 Å². The van der Waals surface area contributed by atoms with Gasteiger partial charge < -0.3 is 9.26 Å². The Labute approximate surface area is 105 Å². The van der Waals surface area contributed by atoms with Crippen LogP contribution in [0.3, 0.4) is 0 Å². The summed E-state index contributed by atoms with van der Waals surface area (Å²) in [6.07, 6.45) is 2.65. The van der Waals surface area contributed by atoms with E-state index in [9.17, 15) is 9.59 Å². The first-order valence-corrected chi connectivity index (χ1v) is 6.65. The van der Waals surface area contributed by atoms with Gasteiger partial charge in [-0.1, -0.05) is 0 Å². The quantitative estimate of drug-likeness (QED) is 0.753. The Morgan fingerprint density at radius 2 is 2.39 bits per heavy atom. The molecule has 0 saturated carbocycles. The second-order valence-corrected chi connectivity index (χ2v) is 4.72. The number of nitrogens with two attached hydrogens (primary N) is 1. The lowest BCUT2D eigenvalue weighted by Gasteiger charge is -2.15. The molecule has 0 amide bonds. The summed E-state index contributed by atoms with van der Waals surface area (Å²) in [5.74, 6) is 0. The van der Waals surface area contributed by atoms with Crippen LogP contribution in [-0.4, -0.2) is 22.3 Å². The molecule has 2 rings (SSSR count). The zero-order valence-corrected chi connectivity index (χ0v) is 11.0. The van der Waals surface area contributed by atoms with Gasteiger partial charge in [-0.3, -0.25) is 19.8 Å². The van der Waals surface area contributed by atoms with Gasteiger partial charge in [0.25, 0.3) is 5.56 Å². The van der Waals surface area contributed by atoms with Crippen molar-refractivity contribution in [2.75, 3.05) is 6.61 Å². The Balaban J connectivity index is 2.12. The third-order valence-electron chi connectivity index (χ3n) is 2.89. The summed E-state index contributed by atoms with van der Waals surface area (Å²) < 4.78 is 12.2. The fourth-order valence-corrected chi connectivity index (χ4v) is 2.24. The molecule has 0 spiro atoms. The Bertz CT molecular complexity index is 527. The molecule has 2 heterocycles. The van der Waals surface area contributed by atoms with E-state index in [0.29, 0.717) is 18.6 Å². The standard InChI is InChI=1S/C10H16N3O4P/c1-6-4-13(10(15)12-9(6)14)8-3-2-7(17-8)5-16-18-11/h4,7-8,18H,2-3,5,11H2,1H3,(H,12,14,15)/t7-,8+/m0/s1. The van der Waals surface area contributed by atoms with E-state index >= 15 is 0 Å². The number of aromatic nitrogens is 2. The van der Waals surface area contributed by atoms with Crippen LogP contribution in [0.25, 0.3) is 0 Å². The van der Waals surface area contributed by atoms with Crippen molar-refractivity contribution < 1.29 is 9.26 Å². The number of nitrogens with one attached hydrogen (secondary N) is 1. The minimum absolute atomic E-state index is 0.0508. The molecule has 1 aromatic rings. The van der Waals surface area contributed by atoms with Crippen molar-refractivity contribution in [1.29, 1.82) is 0 Å². The van der Waals surface area contributed by atoms with Crippen molar-refractivity contribution in [3.63, 3.8) is 0 Å². The van der Waals surface area contributed by atoms with Crippen molar-refractivity contribution in [3.8, 4) is 0 Å². The highest BCUT2D eigenvalue weighted by molar-refractivity contribution is 7.29. The molecule has 1 aliphatic heterocycles. The average Bonchev–Trinajstić information content (AvgIpc) is 2.79. The molecule has 3 N–H and O–H groups in total. The summed E-state index contributed by atoms with van der Waals surface area (Å²) in [7, 11) is -0.0590. The van der Waals surface area contributed by atoms with Gasteiger partial charge in [-0.25, -0.2) is 4.79 Å². The number of nitrogens with zero attached hydrogens (tertiary/aromatic N) is 1. The largest absolute Gasteiger partial charge is 0.352 e. The normalized spacial score (nSPS) is 24.1. The second-order valence-electron chi connectivity index (χ2n) is 4.20. The maximum Gasteiger partial charge on any atom is 0.330 e. The van der Waals surface area contributed by atoms with Crippen LogP contribution in [0.5, 0.6) is 0 Å². The second kappa shape index (κ2) is 5.75. The van der Waals surface area contributed by atoms with Crippen LogP contribution in [0.15, 0.2) is 15.8 Å². The molecule has 18 heavy (non-hydrogen) atoms. The van der Waals surface area contributed by atoms with Gasteiger partial charge in [0.1, 0.15) is 6.23 Å². The summed E-state index contributed by atoms with van der Waals surface area (Å²) in [4.78, 5) is 25.2. The fraction of sp³-hybridized carbons (Fsp3) is 0.600. The van der Waals surface area contributed by atoms with Crippen LogP contribution in [-0.2, 0) is 9.26 Å². The number of H-pyrrole nitrogens is 1. The van der Waals surface area contributed by atoms with Crippen LogP contribution in [0.2, 0.25) is 0 Å². The van der Waals surface area contributed by atoms with Gasteiger partial charge in [0.15, 0.2) is 0 Å². The molecule has 0 bridgehead atoms. The summed E-state index contributed by atoms with van der Waals surface area (Å²) in [6.45, 7) is 2.09. The average molecular weight is 273 g/mol. The van der Waals surface area contributed by atoms with Crippen LogP contribution in [0.1, 0.15) is 24.6 Å². The molecule has 100 valence electrons. The lowest BCUT2D eigenvalue weighted by atomic mass is 10.2. The predicted octanol–water partition coefficient (Wildman–Crippen LogP) is 0.00642. The van der Waals surface area contributed by atoms with E-state index < -0.39 is 5.69 Å². The van der Waals surface area contributed by atoms with Crippen LogP contribution in [0, 0.1) is 6.92 Å². The van der Waals surface area contributed by atoms with Crippen molar-refractivity contribution in [2.24, 2.45) is 5.50 Å². The monoisotopic (exact) mass is 273 g/mol. The van der Waals surface area contributed by atoms with Gasteiger partial charge in [0, 0.05) is 11.8 Å². The molecule has 1 fully saturated rings. The summed E-state index contributed by atoms with van der Waals surface area (Å²) in [5, 5.41) is 0. The molecule has 1 unspecified atom stereocenters. The SMILES string of the molecule is Cc1cn([C@H]2CC[C@@H](COPN)O2)c(=O)[nH]c1=O. The van der Waals surface area contributed by atoms with Gasteiger partial charge in [0.2, 0.25) is 0 Å². The third-order valence-corrected chi connectivity index (χ3v) is 3.23. The maximum atomic E-state index is 11.7. The van der Waals surface area contributed by atoms with E-state index in [-0.39, 0.29) is 26.8 Å². The Morgan fingerprint density at radius 1 is 1.61 bits per heavy atom. The van der Waals surface area contributed by atoms with Gasteiger partial charge in [0.05, 0.1) is 21.7 Å². The molecule has 8 heteroatoms. The number of aryl methyl sites for hydroxylation is 1. The minimum Gasteiger partial charge on any atom is -0.352 e. The van der Waals surface area contributed by atoms with Crippen molar-refractivity contribution in [3.05, 3.63) is 32.6 Å². The lowest BCUT2D eigenvalue weighted by Crippen LogP contribution is -2.33. The molecule has 0 aromatic carbocycles. The van der Waals surface area contributed by atoms with E-state index in [4.69, 9.17) is 14.8 Å². The van der Waals surface area contributed by atoms with Gasteiger partial charge >= 0.3 is 5.69 Å². The highest BCUT2D eigenvalue weighted by Gasteiger charge is 2.27.